The minimum absolute atomic E-state index is 0.0775. The van der Waals surface area contributed by atoms with Gasteiger partial charge in [-0.1, -0.05) is 30.3 Å². The summed E-state index contributed by atoms with van der Waals surface area (Å²) in [6, 6.07) is 15.0. The molecule has 2 aromatic rings. The molecule has 0 fully saturated rings. The standard InChI is InChI=1S/C17H21N3O/c1-12(2)20(11-13-6-4-3-5-7-13)17(21)15-9-8-14(18)10-16(15)19/h3-10,12H,11,18-19H2,1-2H3. The maximum atomic E-state index is 12.7. The fourth-order valence-corrected chi connectivity index (χ4v) is 2.20. The first-order chi connectivity index (χ1) is 9.99. The number of anilines is 2. The smallest absolute Gasteiger partial charge is 0.256 e. The van der Waals surface area contributed by atoms with Crippen molar-refractivity contribution >= 4 is 17.3 Å². The van der Waals surface area contributed by atoms with Gasteiger partial charge in [0.1, 0.15) is 0 Å². The molecule has 0 aliphatic carbocycles. The SMILES string of the molecule is CC(C)N(Cc1ccccc1)C(=O)c1ccc(N)cc1N. The number of hydrogen-bond donors (Lipinski definition) is 2. The second-order valence-corrected chi connectivity index (χ2v) is 5.36. The molecule has 0 saturated carbocycles. The normalized spacial score (nSPS) is 10.6. The summed E-state index contributed by atoms with van der Waals surface area (Å²) < 4.78 is 0. The molecule has 110 valence electrons. The molecule has 0 aromatic heterocycles. The zero-order valence-electron chi connectivity index (χ0n) is 12.4. The Kier molecular flexibility index (Phi) is 4.48. The number of carbonyl (C=O) groups excluding carboxylic acids is 1. The van der Waals surface area contributed by atoms with E-state index in [-0.39, 0.29) is 11.9 Å². The van der Waals surface area contributed by atoms with Crippen LogP contribution in [-0.4, -0.2) is 16.8 Å². The fourth-order valence-electron chi connectivity index (χ4n) is 2.20. The van der Waals surface area contributed by atoms with Crippen molar-refractivity contribution in [2.45, 2.75) is 26.4 Å². The van der Waals surface area contributed by atoms with E-state index in [2.05, 4.69) is 0 Å². The summed E-state index contributed by atoms with van der Waals surface area (Å²) in [7, 11) is 0. The molecule has 0 aliphatic heterocycles. The van der Waals surface area contributed by atoms with Gasteiger partial charge in [0, 0.05) is 24.0 Å². The molecule has 0 radical (unpaired) electrons. The minimum Gasteiger partial charge on any atom is -0.399 e. The van der Waals surface area contributed by atoms with Crippen LogP contribution in [0.1, 0.15) is 29.8 Å². The monoisotopic (exact) mass is 283 g/mol. The number of rotatable bonds is 4. The molecule has 4 N–H and O–H groups in total. The molecule has 0 saturated heterocycles. The summed E-state index contributed by atoms with van der Waals surface area (Å²) in [4.78, 5) is 14.5. The molecule has 4 nitrogen and oxygen atoms in total. The molecule has 0 unspecified atom stereocenters. The van der Waals surface area contributed by atoms with Gasteiger partial charge >= 0.3 is 0 Å². The third-order valence-corrected chi connectivity index (χ3v) is 3.39. The Balaban J connectivity index is 2.27. The maximum Gasteiger partial charge on any atom is 0.256 e. The van der Waals surface area contributed by atoms with Crippen LogP contribution in [0.2, 0.25) is 0 Å². The lowest BCUT2D eigenvalue weighted by molar-refractivity contribution is 0.0691. The van der Waals surface area contributed by atoms with Gasteiger partial charge in [-0.05, 0) is 37.6 Å². The van der Waals surface area contributed by atoms with Crippen LogP contribution < -0.4 is 11.5 Å². The Labute approximate surface area is 125 Å². The first kappa shape index (κ1) is 14.9. The van der Waals surface area contributed by atoms with E-state index in [1.165, 1.54) is 0 Å². The third-order valence-electron chi connectivity index (χ3n) is 3.39. The highest BCUT2D eigenvalue weighted by atomic mass is 16.2. The highest BCUT2D eigenvalue weighted by Gasteiger charge is 2.21. The Morgan fingerprint density at radius 3 is 2.33 bits per heavy atom. The molecule has 0 heterocycles. The first-order valence-corrected chi connectivity index (χ1v) is 6.99. The van der Waals surface area contributed by atoms with E-state index in [0.29, 0.717) is 23.5 Å². The van der Waals surface area contributed by atoms with Gasteiger partial charge in [-0.25, -0.2) is 0 Å². The molecule has 21 heavy (non-hydrogen) atoms. The van der Waals surface area contributed by atoms with Crippen molar-refractivity contribution in [2.24, 2.45) is 0 Å². The number of hydrogen-bond acceptors (Lipinski definition) is 3. The summed E-state index contributed by atoms with van der Waals surface area (Å²) in [6.07, 6.45) is 0. The van der Waals surface area contributed by atoms with Gasteiger partial charge in [-0.15, -0.1) is 0 Å². The van der Waals surface area contributed by atoms with E-state index in [1.54, 1.807) is 23.1 Å². The number of nitrogens with two attached hydrogens (primary N) is 2. The number of nitrogen functional groups attached to an aromatic ring is 2. The topological polar surface area (TPSA) is 72.3 Å². The van der Waals surface area contributed by atoms with Crippen molar-refractivity contribution in [1.82, 2.24) is 4.90 Å². The van der Waals surface area contributed by atoms with E-state index in [1.807, 2.05) is 44.2 Å². The summed E-state index contributed by atoms with van der Waals surface area (Å²) in [5, 5.41) is 0. The van der Waals surface area contributed by atoms with Crippen molar-refractivity contribution in [1.29, 1.82) is 0 Å². The van der Waals surface area contributed by atoms with Crippen molar-refractivity contribution < 1.29 is 4.79 Å². The Morgan fingerprint density at radius 1 is 1.10 bits per heavy atom. The van der Waals surface area contributed by atoms with Gasteiger partial charge in [-0.2, -0.15) is 0 Å². The highest BCUT2D eigenvalue weighted by molar-refractivity contribution is 5.99. The second kappa shape index (κ2) is 6.31. The largest absolute Gasteiger partial charge is 0.399 e. The van der Waals surface area contributed by atoms with Crippen LogP contribution in [-0.2, 0) is 6.54 Å². The van der Waals surface area contributed by atoms with Crippen LogP contribution in [0, 0.1) is 0 Å². The van der Waals surface area contributed by atoms with Gasteiger partial charge in [0.05, 0.1) is 5.56 Å². The maximum absolute atomic E-state index is 12.7. The van der Waals surface area contributed by atoms with Crippen molar-refractivity contribution in [3.63, 3.8) is 0 Å². The van der Waals surface area contributed by atoms with Gasteiger partial charge in [-0.3, -0.25) is 4.79 Å². The summed E-state index contributed by atoms with van der Waals surface area (Å²) >= 11 is 0. The zero-order chi connectivity index (χ0) is 15.4. The van der Waals surface area contributed by atoms with Gasteiger partial charge in [0.15, 0.2) is 0 Å². The predicted octanol–water partition coefficient (Wildman–Crippen LogP) is 2.90. The molecule has 4 heteroatoms. The van der Waals surface area contributed by atoms with Crippen molar-refractivity contribution in [3.8, 4) is 0 Å². The molecule has 0 atom stereocenters. The van der Waals surface area contributed by atoms with Crippen LogP contribution in [0.3, 0.4) is 0 Å². The van der Waals surface area contributed by atoms with Gasteiger partial charge in [0.2, 0.25) is 0 Å². The molecule has 0 spiro atoms. The van der Waals surface area contributed by atoms with Gasteiger partial charge < -0.3 is 16.4 Å². The van der Waals surface area contributed by atoms with Crippen LogP contribution in [0.4, 0.5) is 11.4 Å². The average molecular weight is 283 g/mol. The van der Waals surface area contributed by atoms with Gasteiger partial charge in [0.25, 0.3) is 5.91 Å². The first-order valence-electron chi connectivity index (χ1n) is 6.99. The van der Waals surface area contributed by atoms with E-state index in [0.717, 1.165) is 5.56 Å². The quantitative estimate of drug-likeness (QED) is 0.847. The number of nitrogens with zero attached hydrogens (tertiary/aromatic N) is 1. The van der Waals surface area contributed by atoms with E-state index in [4.69, 9.17) is 11.5 Å². The lowest BCUT2D eigenvalue weighted by atomic mass is 10.1. The second-order valence-electron chi connectivity index (χ2n) is 5.36. The van der Waals surface area contributed by atoms with Crippen LogP contribution in [0.25, 0.3) is 0 Å². The molecule has 2 rings (SSSR count). The summed E-state index contributed by atoms with van der Waals surface area (Å²) in [5.41, 5.74) is 14.2. The van der Waals surface area contributed by atoms with E-state index < -0.39 is 0 Å². The third kappa shape index (κ3) is 3.54. The van der Waals surface area contributed by atoms with Crippen LogP contribution >= 0.6 is 0 Å². The average Bonchev–Trinajstić information content (AvgIpc) is 2.45. The Hall–Kier alpha value is -2.49. The number of amides is 1. The predicted molar refractivity (Wildman–Crippen MR) is 86.7 cm³/mol. The van der Waals surface area contributed by atoms with E-state index >= 15 is 0 Å². The molecular weight excluding hydrogens is 262 g/mol. The highest BCUT2D eigenvalue weighted by Crippen LogP contribution is 2.20. The number of carbonyl (C=O) groups is 1. The summed E-state index contributed by atoms with van der Waals surface area (Å²) in [6.45, 7) is 4.55. The molecular formula is C17H21N3O. The summed E-state index contributed by atoms with van der Waals surface area (Å²) in [5.74, 6) is -0.0775. The number of benzene rings is 2. The zero-order valence-corrected chi connectivity index (χ0v) is 12.4. The Bertz CT molecular complexity index is 623. The molecule has 0 bridgehead atoms. The molecule has 2 aromatic carbocycles. The van der Waals surface area contributed by atoms with Crippen LogP contribution in [0.5, 0.6) is 0 Å². The lowest BCUT2D eigenvalue weighted by Gasteiger charge is -2.27. The molecule has 0 aliphatic rings. The van der Waals surface area contributed by atoms with Crippen molar-refractivity contribution in [2.75, 3.05) is 11.5 Å². The lowest BCUT2D eigenvalue weighted by Crippen LogP contribution is -2.36. The fraction of sp³-hybridized carbons (Fsp3) is 0.235. The minimum atomic E-state index is -0.0775. The Morgan fingerprint density at radius 2 is 1.76 bits per heavy atom. The van der Waals surface area contributed by atoms with E-state index in [9.17, 15) is 4.79 Å². The molecule has 1 amide bonds. The van der Waals surface area contributed by atoms with Crippen LogP contribution in [0.15, 0.2) is 48.5 Å². The van der Waals surface area contributed by atoms with Crippen molar-refractivity contribution in [3.05, 3.63) is 59.7 Å².